The first-order chi connectivity index (χ1) is 12.0. The summed E-state index contributed by atoms with van der Waals surface area (Å²) in [6.07, 6.45) is 4.77. The lowest BCUT2D eigenvalue weighted by Gasteiger charge is -2.39. The number of nitrogens with zero attached hydrogens (tertiary/aromatic N) is 2. The van der Waals surface area contributed by atoms with Crippen molar-refractivity contribution in [2.75, 3.05) is 31.1 Å². The van der Waals surface area contributed by atoms with E-state index in [4.69, 9.17) is 0 Å². The molecule has 0 bridgehead atoms. The van der Waals surface area contributed by atoms with Crippen LogP contribution in [0.25, 0.3) is 0 Å². The lowest BCUT2D eigenvalue weighted by atomic mass is 9.87. The zero-order valence-corrected chi connectivity index (χ0v) is 16.0. The molecule has 1 N–H and O–H groups in total. The number of piperazine rings is 1. The van der Waals surface area contributed by atoms with Gasteiger partial charge in [0.15, 0.2) is 0 Å². The summed E-state index contributed by atoms with van der Waals surface area (Å²) >= 11 is 0. The number of aryl methyl sites for hydroxylation is 1. The Balaban J connectivity index is 1.48. The van der Waals surface area contributed by atoms with Crippen LogP contribution in [0.1, 0.15) is 45.1 Å². The Morgan fingerprint density at radius 3 is 2.36 bits per heavy atom. The summed E-state index contributed by atoms with van der Waals surface area (Å²) in [5.41, 5.74) is 2.66. The maximum absolute atomic E-state index is 12.6. The minimum Gasteiger partial charge on any atom is -0.369 e. The summed E-state index contributed by atoms with van der Waals surface area (Å²) in [5, 5.41) is 3.29. The molecule has 1 saturated heterocycles. The number of hydrogen-bond acceptors (Lipinski definition) is 3. The fourth-order valence-electron chi connectivity index (χ4n) is 4.16. The number of benzene rings is 1. The number of anilines is 1. The average Bonchev–Trinajstić information content (AvgIpc) is 2.63. The molecule has 138 valence electrons. The SMILES string of the molecule is Cc1ccccc1N1CCN([C@H](C)C(=O)NC2CCC(C)CC2)CC1. The third kappa shape index (κ3) is 4.55. The van der Waals surface area contributed by atoms with Crippen LogP contribution in [0.2, 0.25) is 0 Å². The van der Waals surface area contributed by atoms with Crippen LogP contribution in [0.3, 0.4) is 0 Å². The van der Waals surface area contributed by atoms with Crippen LogP contribution in [0.5, 0.6) is 0 Å². The van der Waals surface area contributed by atoms with Gasteiger partial charge < -0.3 is 10.2 Å². The summed E-state index contributed by atoms with van der Waals surface area (Å²) in [7, 11) is 0. The molecule has 4 nitrogen and oxygen atoms in total. The number of carbonyl (C=O) groups excluding carboxylic acids is 1. The highest BCUT2D eigenvalue weighted by Gasteiger charge is 2.28. The summed E-state index contributed by atoms with van der Waals surface area (Å²) in [6, 6.07) is 8.93. The predicted molar refractivity (Wildman–Crippen MR) is 104 cm³/mol. The lowest BCUT2D eigenvalue weighted by molar-refractivity contribution is -0.127. The number of rotatable bonds is 4. The van der Waals surface area contributed by atoms with E-state index in [9.17, 15) is 4.79 Å². The van der Waals surface area contributed by atoms with Gasteiger partial charge in [0.2, 0.25) is 5.91 Å². The van der Waals surface area contributed by atoms with E-state index in [-0.39, 0.29) is 11.9 Å². The molecule has 2 aliphatic rings. The topological polar surface area (TPSA) is 35.6 Å². The Morgan fingerprint density at radius 1 is 1.08 bits per heavy atom. The van der Waals surface area contributed by atoms with E-state index in [2.05, 4.69) is 60.2 Å². The van der Waals surface area contributed by atoms with Gasteiger partial charge in [-0.25, -0.2) is 0 Å². The Labute approximate surface area is 152 Å². The largest absolute Gasteiger partial charge is 0.369 e. The second-order valence-electron chi connectivity index (χ2n) is 7.95. The normalized spacial score (nSPS) is 26.3. The minimum atomic E-state index is -0.0293. The van der Waals surface area contributed by atoms with Crippen LogP contribution in [-0.4, -0.2) is 49.1 Å². The van der Waals surface area contributed by atoms with Gasteiger partial charge >= 0.3 is 0 Å². The summed E-state index contributed by atoms with van der Waals surface area (Å²) < 4.78 is 0. The molecule has 0 unspecified atom stereocenters. The second-order valence-corrected chi connectivity index (χ2v) is 7.95. The fourth-order valence-corrected chi connectivity index (χ4v) is 4.16. The van der Waals surface area contributed by atoms with Gasteiger partial charge in [0.1, 0.15) is 0 Å². The van der Waals surface area contributed by atoms with E-state index < -0.39 is 0 Å². The number of nitrogens with one attached hydrogen (secondary N) is 1. The van der Waals surface area contributed by atoms with Crippen molar-refractivity contribution in [3.63, 3.8) is 0 Å². The zero-order chi connectivity index (χ0) is 17.8. The van der Waals surface area contributed by atoms with E-state index >= 15 is 0 Å². The van der Waals surface area contributed by atoms with Crippen LogP contribution in [-0.2, 0) is 4.79 Å². The van der Waals surface area contributed by atoms with E-state index in [1.807, 2.05) is 0 Å². The average molecular weight is 344 g/mol. The predicted octanol–water partition coefficient (Wildman–Crippen LogP) is 3.20. The Kier molecular flexibility index (Phi) is 6.00. The molecule has 25 heavy (non-hydrogen) atoms. The highest BCUT2D eigenvalue weighted by atomic mass is 16.2. The van der Waals surface area contributed by atoms with Gasteiger partial charge in [-0.3, -0.25) is 9.69 Å². The van der Waals surface area contributed by atoms with E-state index in [1.54, 1.807) is 0 Å². The van der Waals surface area contributed by atoms with Gasteiger partial charge in [-0.2, -0.15) is 0 Å². The first-order valence-electron chi connectivity index (χ1n) is 9.89. The van der Waals surface area contributed by atoms with Crippen molar-refractivity contribution in [2.24, 2.45) is 5.92 Å². The van der Waals surface area contributed by atoms with Crippen molar-refractivity contribution in [3.05, 3.63) is 29.8 Å². The van der Waals surface area contributed by atoms with Crippen molar-refractivity contribution in [1.29, 1.82) is 0 Å². The molecule has 1 aliphatic carbocycles. The smallest absolute Gasteiger partial charge is 0.237 e. The maximum atomic E-state index is 12.6. The van der Waals surface area contributed by atoms with E-state index in [0.717, 1.165) is 44.9 Å². The van der Waals surface area contributed by atoms with Crippen LogP contribution in [0.15, 0.2) is 24.3 Å². The molecule has 0 radical (unpaired) electrons. The van der Waals surface area contributed by atoms with Crippen molar-refractivity contribution >= 4 is 11.6 Å². The monoisotopic (exact) mass is 343 g/mol. The molecular weight excluding hydrogens is 310 g/mol. The van der Waals surface area contributed by atoms with Gasteiger partial charge in [0.05, 0.1) is 6.04 Å². The van der Waals surface area contributed by atoms with Gasteiger partial charge in [-0.15, -0.1) is 0 Å². The molecule has 0 spiro atoms. The highest BCUT2D eigenvalue weighted by Crippen LogP contribution is 2.24. The Morgan fingerprint density at radius 2 is 1.72 bits per heavy atom. The third-order valence-electron chi connectivity index (χ3n) is 6.06. The van der Waals surface area contributed by atoms with E-state index in [0.29, 0.717) is 6.04 Å². The van der Waals surface area contributed by atoms with Crippen molar-refractivity contribution < 1.29 is 4.79 Å². The number of hydrogen-bond donors (Lipinski definition) is 1. The van der Waals surface area contributed by atoms with Crippen LogP contribution in [0.4, 0.5) is 5.69 Å². The summed E-state index contributed by atoms with van der Waals surface area (Å²) in [4.78, 5) is 17.4. The number of para-hydroxylation sites is 1. The Bertz CT molecular complexity index is 572. The minimum absolute atomic E-state index is 0.0293. The van der Waals surface area contributed by atoms with Crippen molar-refractivity contribution in [2.45, 2.75) is 58.5 Å². The first kappa shape index (κ1) is 18.2. The molecule has 1 saturated carbocycles. The summed E-state index contributed by atoms with van der Waals surface area (Å²) in [5.74, 6) is 1.03. The van der Waals surface area contributed by atoms with Crippen LogP contribution >= 0.6 is 0 Å². The first-order valence-corrected chi connectivity index (χ1v) is 9.89. The molecule has 3 rings (SSSR count). The van der Waals surface area contributed by atoms with E-state index in [1.165, 1.54) is 24.1 Å². The molecule has 0 aromatic heterocycles. The van der Waals surface area contributed by atoms with Gasteiger partial charge in [-0.05, 0) is 57.1 Å². The van der Waals surface area contributed by atoms with Crippen LogP contribution in [0, 0.1) is 12.8 Å². The molecule has 1 aromatic carbocycles. The van der Waals surface area contributed by atoms with Gasteiger partial charge in [0.25, 0.3) is 0 Å². The van der Waals surface area contributed by atoms with Crippen molar-refractivity contribution in [1.82, 2.24) is 10.2 Å². The molecule has 1 aromatic rings. The third-order valence-corrected chi connectivity index (χ3v) is 6.06. The molecule has 4 heteroatoms. The summed E-state index contributed by atoms with van der Waals surface area (Å²) in [6.45, 7) is 10.4. The molecule has 2 fully saturated rings. The second kappa shape index (κ2) is 8.22. The molecule has 1 aliphatic heterocycles. The lowest BCUT2D eigenvalue weighted by Crippen LogP contribution is -2.55. The molecule has 1 heterocycles. The van der Waals surface area contributed by atoms with Gasteiger partial charge in [-0.1, -0.05) is 25.1 Å². The number of carbonyl (C=O) groups is 1. The molecule has 1 amide bonds. The quantitative estimate of drug-likeness (QED) is 0.912. The van der Waals surface area contributed by atoms with Gasteiger partial charge in [0, 0.05) is 37.9 Å². The molecular formula is C21H33N3O. The highest BCUT2D eigenvalue weighted by molar-refractivity contribution is 5.81. The zero-order valence-electron chi connectivity index (χ0n) is 16.0. The number of amides is 1. The fraction of sp³-hybridized carbons (Fsp3) is 0.667. The molecule has 1 atom stereocenters. The maximum Gasteiger partial charge on any atom is 0.237 e. The van der Waals surface area contributed by atoms with Crippen LogP contribution < -0.4 is 10.2 Å². The standard InChI is InChI=1S/C21H33N3O/c1-16-8-10-19(11-9-16)22-21(25)18(3)23-12-14-24(15-13-23)20-7-5-4-6-17(20)2/h4-7,16,18-19H,8-15H2,1-3H3,(H,22,25)/t16?,18-,19?/m1/s1. The Hall–Kier alpha value is -1.55. The van der Waals surface area contributed by atoms with Crippen molar-refractivity contribution in [3.8, 4) is 0 Å².